The minimum absolute atomic E-state index is 0.128. The van der Waals surface area contributed by atoms with Crippen molar-refractivity contribution in [1.82, 2.24) is 5.32 Å². The summed E-state index contributed by atoms with van der Waals surface area (Å²) < 4.78 is 0. The molecule has 0 aromatic rings. The summed E-state index contributed by atoms with van der Waals surface area (Å²) in [5, 5.41) is 2.83. The number of carbonyl (C=O) groups is 1. The fourth-order valence-electron chi connectivity index (χ4n) is 1.28. The molecule has 1 saturated heterocycles. The summed E-state index contributed by atoms with van der Waals surface area (Å²) in [5.74, 6) is 0.128. The van der Waals surface area contributed by atoms with E-state index in [4.69, 9.17) is 5.73 Å². The van der Waals surface area contributed by atoms with Crippen LogP contribution in [-0.4, -0.2) is 18.5 Å². The molecule has 1 amide bonds. The van der Waals surface area contributed by atoms with Crippen molar-refractivity contribution in [1.29, 1.82) is 0 Å². The zero-order valence-electron chi connectivity index (χ0n) is 6.48. The molecule has 10 heavy (non-hydrogen) atoms. The van der Waals surface area contributed by atoms with Gasteiger partial charge in [-0.2, -0.15) is 0 Å². The molecular weight excluding hydrogens is 128 g/mol. The van der Waals surface area contributed by atoms with Crippen LogP contribution in [0.2, 0.25) is 0 Å². The number of nitrogens with one attached hydrogen (secondary N) is 1. The van der Waals surface area contributed by atoms with Crippen molar-refractivity contribution >= 4 is 5.91 Å². The lowest BCUT2D eigenvalue weighted by Gasteiger charge is -2.11. The number of hydrogen-bond acceptors (Lipinski definition) is 2. The van der Waals surface area contributed by atoms with Gasteiger partial charge in [0.05, 0.1) is 0 Å². The Morgan fingerprint density at radius 2 is 2.40 bits per heavy atom. The van der Waals surface area contributed by atoms with Crippen LogP contribution in [0.15, 0.2) is 0 Å². The molecule has 3 N–H and O–H groups in total. The molecule has 1 fully saturated rings. The van der Waals surface area contributed by atoms with Crippen LogP contribution < -0.4 is 11.1 Å². The molecule has 0 aromatic carbocycles. The van der Waals surface area contributed by atoms with Gasteiger partial charge in [0.1, 0.15) is 0 Å². The van der Waals surface area contributed by atoms with Gasteiger partial charge < -0.3 is 11.1 Å². The smallest absolute Gasteiger partial charge is 0.225 e. The molecule has 0 spiro atoms. The number of hydrogen-bond donors (Lipinski definition) is 2. The lowest BCUT2D eigenvalue weighted by Crippen LogP contribution is -2.33. The molecule has 3 heteroatoms. The predicted molar refractivity (Wildman–Crippen MR) is 39.4 cm³/mol. The second-order valence-corrected chi connectivity index (χ2v) is 3.49. The van der Waals surface area contributed by atoms with Gasteiger partial charge in [-0.1, -0.05) is 13.8 Å². The second-order valence-electron chi connectivity index (χ2n) is 3.49. The van der Waals surface area contributed by atoms with Crippen LogP contribution >= 0.6 is 0 Å². The topological polar surface area (TPSA) is 55.1 Å². The molecule has 0 aromatic heterocycles. The summed E-state index contributed by atoms with van der Waals surface area (Å²) in [6.07, 6.45) is 0.863. The van der Waals surface area contributed by atoms with Crippen LogP contribution in [0, 0.1) is 5.41 Å². The van der Waals surface area contributed by atoms with Gasteiger partial charge >= 0.3 is 0 Å². The average molecular weight is 142 g/mol. The SMILES string of the molecule is CC1(C)CC(CN)NC1=O. The van der Waals surface area contributed by atoms with Crippen LogP contribution in [0.25, 0.3) is 0 Å². The van der Waals surface area contributed by atoms with Gasteiger partial charge in [0.15, 0.2) is 0 Å². The molecule has 0 saturated carbocycles. The van der Waals surface area contributed by atoms with E-state index >= 15 is 0 Å². The fraction of sp³-hybridized carbons (Fsp3) is 0.857. The van der Waals surface area contributed by atoms with Gasteiger partial charge in [0.2, 0.25) is 5.91 Å². The molecular formula is C7H14N2O. The summed E-state index contributed by atoms with van der Waals surface area (Å²) in [4.78, 5) is 11.1. The quantitative estimate of drug-likeness (QED) is 0.535. The molecule has 58 valence electrons. The summed E-state index contributed by atoms with van der Waals surface area (Å²) >= 11 is 0. The monoisotopic (exact) mass is 142 g/mol. The maximum atomic E-state index is 11.1. The van der Waals surface area contributed by atoms with E-state index in [9.17, 15) is 4.79 Å². The van der Waals surface area contributed by atoms with E-state index in [0.717, 1.165) is 6.42 Å². The molecule has 1 rings (SSSR count). The molecule has 3 nitrogen and oxygen atoms in total. The van der Waals surface area contributed by atoms with Gasteiger partial charge in [0.25, 0.3) is 0 Å². The molecule has 0 aliphatic carbocycles. The van der Waals surface area contributed by atoms with Gasteiger partial charge in [-0.3, -0.25) is 4.79 Å². The Morgan fingerprint density at radius 1 is 1.80 bits per heavy atom. The van der Waals surface area contributed by atoms with E-state index in [1.165, 1.54) is 0 Å². The van der Waals surface area contributed by atoms with Gasteiger partial charge in [0, 0.05) is 18.0 Å². The van der Waals surface area contributed by atoms with E-state index in [0.29, 0.717) is 6.54 Å². The molecule has 1 aliphatic rings. The highest BCUT2D eigenvalue weighted by Crippen LogP contribution is 2.27. The zero-order valence-corrected chi connectivity index (χ0v) is 6.48. The van der Waals surface area contributed by atoms with Crippen LogP contribution in [0.3, 0.4) is 0 Å². The van der Waals surface area contributed by atoms with E-state index in [1.807, 2.05) is 13.8 Å². The molecule has 0 bridgehead atoms. The standard InChI is InChI=1S/C7H14N2O/c1-7(2)3-5(4-8)9-6(7)10/h5H,3-4,8H2,1-2H3,(H,9,10). The third-order valence-electron chi connectivity index (χ3n) is 1.99. The van der Waals surface area contributed by atoms with Crippen molar-refractivity contribution in [2.24, 2.45) is 11.1 Å². The number of amides is 1. The highest BCUT2D eigenvalue weighted by molar-refractivity contribution is 5.84. The Kier molecular flexibility index (Phi) is 1.68. The first-order chi connectivity index (χ1) is 4.56. The summed E-state index contributed by atoms with van der Waals surface area (Å²) in [7, 11) is 0. The number of nitrogens with two attached hydrogens (primary N) is 1. The van der Waals surface area contributed by atoms with Gasteiger partial charge in [-0.15, -0.1) is 0 Å². The summed E-state index contributed by atoms with van der Waals surface area (Å²) in [6, 6.07) is 0.197. The first-order valence-corrected chi connectivity index (χ1v) is 3.57. The predicted octanol–water partition coefficient (Wildman–Crippen LogP) is -0.140. The minimum Gasteiger partial charge on any atom is -0.352 e. The lowest BCUT2D eigenvalue weighted by molar-refractivity contribution is -0.126. The van der Waals surface area contributed by atoms with Crippen LogP contribution in [0.4, 0.5) is 0 Å². The van der Waals surface area contributed by atoms with E-state index < -0.39 is 0 Å². The van der Waals surface area contributed by atoms with E-state index in [1.54, 1.807) is 0 Å². The maximum absolute atomic E-state index is 11.1. The van der Waals surface area contributed by atoms with Crippen LogP contribution in [-0.2, 0) is 4.79 Å². The third-order valence-corrected chi connectivity index (χ3v) is 1.99. The fourth-order valence-corrected chi connectivity index (χ4v) is 1.28. The largest absolute Gasteiger partial charge is 0.352 e. The highest BCUT2D eigenvalue weighted by atomic mass is 16.2. The van der Waals surface area contributed by atoms with Crippen molar-refractivity contribution in [3.8, 4) is 0 Å². The van der Waals surface area contributed by atoms with Crippen LogP contribution in [0.1, 0.15) is 20.3 Å². The first-order valence-electron chi connectivity index (χ1n) is 3.57. The molecule has 1 unspecified atom stereocenters. The van der Waals surface area contributed by atoms with Crippen molar-refractivity contribution in [3.05, 3.63) is 0 Å². The minimum atomic E-state index is -0.204. The average Bonchev–Trinajstić information content (AvgIpc) is 2.08. The van der Waals surface area contributed by atoms with Gasteiger partial charge in [-0.05, 0) is 6.42 Å². The highest BCUT2D eigenvalue weighted by Gasteiger charge is 2.37. The summed E-state index contributed by atoms with van der Waals surface area (Å²) in [5.41, 5.74) is 5.20. The zero-order chi connectivity index (χ0) is 7.78. The Morgan fingerprint density at radius 3 is 2.60 bits per heavy atom. The molecule has 1 aliphatic heterocycles. The van der Waals surface area contributed by atoms with E-state index in [-0.39, 0.29) is 17.4 Å². The molecule has 0 radical (unpaired) electrons. The number of carbonyl (C=O) groups excluding carboxylic acids is 1. The Balaban J connectivity index is 2.62. The van der Waals surface area contributed by atoms with Crippen molar-refractivity contribution in [2.45, 2.75) is 26.3 Å². The normalized spacial score (nSPS) is 30.3. The Bertz CT molecular complexity index is 154. The Hall–Kier alpha value is -0.570. The van der Waals surface area contributed by atoms with Gasteiger partial charge in [-0.25, -0.2) is 0 Å². The maximum Gasteiger partial charge on any atom is 0.225 e. The van der Waals surface area contributed by atoms with Crippen LogP contribution in [0.5, 0.6) is 0 Å². The summed E-state index contributed by atoms with van der Waals surface area (Å²) in [6.45, 7) is 4.44. The van der Waals surface area contributed by atoms with Crippen molar-refractivity contribution in [3.63, 3.8) is 0 Å². The van der Waals surface area contributed by atoms with Crippen molar-refractivity contribution in [2.75, 3.05) is 6.54 Å². The lowest BCUT2D eigenvalue weighted by atomic mass is 9.90. The second kappa shape index (κ2) is 2.23. The first kappa shape index (κ1) is 7.54. The van der Waals surface area contributed by atoms with E-state index in [2.05, 4.69) is 5.32 Å². The third kappa shape index (κ3) is 1.14. The molecule has 1 heterocycles. The Labute approximate surface area is 61.0 Å². The molecule has 1 atom stereocenters. The number of rotatable bonds is 1. The van der Waals surface area contributed by atoms with Crippen molar-refractivity contribution < 1.29 is 4.79 Å².